The molecule has 1 heterocycles. The fraction of sp³-hybridized carbons (Fsp3) is 0.222. The summed E-state index contributed by atoms with van der Waals surface area (Å²) < 4.78 is 0. The van der Waals surface area contributed by atoms with Gasteiger partial charge in [0.05, 0.1) is 0 Å². The molecule has 5 nitrogen and oxygen atoms in total. The summed E-state index contributed by atoms with van der Waals surface area (Å²) in [5, 5.41) is 24.3. The van der Waals surface area contributed by atoms with Gasteiger partial charge in [-0.25, -0.2) is 0 Å². The van der Waals surface area contributed by atoms with Gasteiger partial charge in [-0.2, -0.15) is 0 Å². The molecule has 0 fully saturated rings. The Labute approximate surface area is 135 Å². The van der Waals surface area contributed by atoms with E-state index >= 15 is 0 Å². The molecule has 2 aromatic rings. The maximum absolute atomic E-state index is 10.2. The molecule has 0 aliphatic carbocycles. The SMILES string of the molecule is C#Cc1ccc(O)c(/C(=N\OC(C)(C)C)c2ncccc2O)c1. The van der Waals surface area contributed by atoms with Crippen LogP contribution in [0.3, 0.4) is 0 Å². The van der Waals surface area contributed by atoms with Crippen molar-refractivity contribution in [1.29, 1.82) is 0 Å². The van der Waals surface area contributed by atoms with Gasteiger partial charge in [0.1, 0.15) is 28.5 Å². The number of rotatable bonds is 3. The van der Waals surface area contributed by atoms with Gasteiger partial charge in [-0.1, -0.05) is 11.1 Å². The van der Waals surface area contributed by atoms with Crippen molar-refractivity contribution in [1.82, 2.24) is 4.98 Å². The number of hydrogen-bond donors (Lipinski definition) is 2. The zero-order valence-electron chi connectivity index (χ0n) is 13.2. The second kappa shape index (κ2) is 6.41. The van der Waals surface area contributed by atoms with E-state index in [4.69, 9.17) is 11.3 Å². The second-order valence-corrected chi connectivity index (χ2v) is 5.89. The van der Waals surface area contributed by atoms with Gasteiger partial charge in [-0.3, -0.25) is 4.98 Å². The molecule has 1 aromatic carbocycles. The number of terminal acetylenes is 1. The fourth-order valence-electron chi connectivity index (χ4n) is 1.80. The number of aromatic hydroxyl groups is 2. The summed E-state index contributed by atoms with van der Waals surface area (Å²) in [6.07, 6.45) is 6.93. The van der Waals surface area contributed by atoms with E-state index < -0.39 is 5.60 Å². The number of hydrogen-bond acceptors (Lipinski definition) is 5. The third-order valence-corrected chi connectivity index (χ3v) is 2.84. The van der Waals surface area contributed by atoms with Gasteiger partial charge in [0.2, 0.25) is 0 Å². The van der Waals surface area contributed by atoms with Gasteiger partial charge in [0, 0.05) is 17.3 Å². The van der Waals surface area contributed by atoms with Crippen LogP contribution in [0.2, 0.25) is 0 Å². The molecule has 0 saturated heterocycles. The van der Waals surface area contributed by atoms with Crippen molar-refractivity contribution in [2.24, 2.45) is 5.16 Å². The lowest BCUT2D eigenvalue weighted by atomic mass is 10.0. The van der Waals surface area contributed by atoms with Crippen LogP contribution in [-0.4, -0.2) is 26.5 Å². The largest absolute Gasteiger partial charge is 0.507 e. The summed E-state index contributed by atoms with van der Waals surface area (Å²) in [4.78, 5) is 9.59. The number of aromatic nitrogens is 1. The average Bonchev–Trinajstić information content (AvgIpc) is 2.49. The first-order chi connectivity index (χ1) is 10.8. The van der Waals surface area contributed by atoms with E-state index in [9.17, 15) is 10.2 Å². The van der Waals surface area contributed by atoms with Crippen LogP contribution in [0.25, 0.3) is 0 Å². The Morgan fingerprint density at radius 2 is 1.96 bits per heavy atom. The molecule has 0 unspecified atom stereocenters. The van der Waals surface area contributed by atoms with Gasteiger partial charge >= 0.3 is 0 Å². The van der Waals surface area contributed by atoms with E-state index in [1.807, 2.05) is 20.8 Å². The highest BCUT2D eigenvalue weighted by Crippen LogP contribution is 2.26. The first kappa shape index (κ1) is 16.4. The molecule has 2 N–H and O–H groups in total. The summed E-state index contributed by atoms with van der Waals surface area (Å²) >= 11 is 0. The van der Waals surface area contributed by atoms with Crippen molar-refractivity contribution in [3.63, 3.8) is 0 Å². The molecular weight excluding hydrogens is 292 g/mol. The number of phenols is 1. The zero-order chi connectivity index (χ0) is 17.0. The quantitative estimate of drug-likeness (QED) is 0.519. The van der Waals surface area contributed by atoms with Crippen LogP contribution in [0.1, 0.15) is 37.6 Å². The minimum Gasteiger partial charge on any atom is -0.507 e. The molecule has 5 heteroatoms. The molecule has 0 saturated carbocycles. The number of phenolic OH excluding ortho intramolecular Hbond substituents is 1. The van der Waals surface area contributed by atoms with Gasteiger partial charge in [-0.05, 0) is 51.1 Å². The highest BCUT2D eigenvalue weighted by atomic mass is 16.6. The molecule has 0 amide bonds. The molecule has 0 atom stereocenters. The van der Waals surface area contributed by atoms with Crippen LogP contribution in [0.15, 0.2) is 41.7 Å². The summed E-state index contributed by atoms with van der Waals surface area (Å²) in [6, 6.07) is 7.75. The third kappa shape index (κ3) is 4.01. The highest BCUT2D eigenvalue weighted by Gasteiger charge is 2.20. The van der Waals surface area contributed by atoms with Crippen molar-refractivity contribution in [2.75, 3.05) is 0 Å². The molecule has 0 bridgehead atoms. The Kier molecular flexibility index (Phi) is 4.56. The average molecular weight is 310 g/mol. The van der Waals surface area contributed by atoms with Crippen LogP contribution in [0, 0.1) is 12.3 Å². The third-order valence-electron chi connectivity index (χ3n) is 2.84. The van der Waals surface area contributed by atoms with Crippen LogP contribution in [-0.2, 0) is 4.84 Å². The first-order valence-corrected chi connectivity index (χ1v) is 7.02. The minimum atomic E-state index is -0.547. The molecule has 118 valence electrons. The number of nitrogens with zero attached hydrogens (tertiary/aromatic N) is 2. The van der Waals surface area contributed by atoms with Crippen LogP contribution in [0.4, 0.5) is 0 Å². The first-order valence-electron chi connectivity index (χ1n) is 7.02. The van der Waals surface area contributed by atoms with E-state index in [0.717, 1.165) is 0 Å². The fourth-order valence-corrected chi connectivity index (χ4v) is 1.80. The standard InChI is InChI=1S/C18H18N2O3/c1-5-12-8-9-14(21)13(11-12)16(20-23-18(2,3)4)17-15(22)7-6-10-19-17/h1,6-11,21-22H,2-4H3/b20-16+. The van der Waals surface area contributed by atoms with Crippen molar-refractivity contribution in [2.45, 2.75) is 26.4 Å². The molecule has 1 aromatic heterocycles. The monoisotopic (exact) mass is 310 g/mol. The molecule has 23 heavy (non-hydrogen) atoms. The van der Waals surface area contributed by atoms with E-state index in [2.05, 4.69) is 16.1 Å². The normalized spacial score (nSPS) is 11.8. The highest BCUT2D eigenvalue weighted by molar-refractivity contribution is 6.14. The Balaban J connectivity index is 2.64. The van der Waals surface area contributed by atoms with Crippen LogP contribution >= 0.6 is 0 Å². The second-order valence-electron chi connectivity index (χ2n) is 5.89. The van der Waals surface area contributed by atoms with Gasteiger partial charge in [-0.15, -0.1) is 6.42 Å². The summed E-state index contributed by atoms with van der Waals surface area (Å²) in [5.41, 5.74) is 0.749. The zero-order valence-corrected chi connectivity index (χ0v) is 13.2. The maximum atomic E-state index is 10.2. The predicted molar refractivity (Wildman–Crippen MR) is 88.4 cm³/mol. The summed E-state index contributed by atoms with van der Waals surface area (Å²) in [5.74, 6) is 2.39. The Morgan fingerprint density at radius 1 is 1.22 bits per heavy atom. The maximum Gasteiger partial charge on any atom is 0.143 e. The lowest BCUT2D eigenvalue weighted by Crippen LogP contribution is -2.18. The number of benzene rings is 1. The molecule has 0 radical (unpaired) electrons. The van der Waals surface area contributed by atoms with E-state index in [0.29, 0.717) is 11.1 Å². The Hall–Kier alpha value is -3.00. The molecular formula is C18H18N2O3. The Bertz CT molecular complexity index is 784. The van der Waals surface area contributed by atoms with E-state index in [-0.39, 0.29) is 22.9 Å². The summed E-state index contributed by atoms with van der Waals surface area (Å²) in [7, 11) is 0. The van der Waals surface area contributed by atoms with E-state index in [1.165, 1.54) is 18.3 Å². The number of pyridine rings is 1. The molecule has 0 aliphatic rings. The van der Waals surface area contributed by atoms with Crippen molar-refractivity contribution >= 4 is 5.71 Å². The topological polar surface area (TPSA) is 74.9 Å². The number of oxime groups is 1. The smallest absolute Gasteiger partial charge is 0.143 e. The predicted octanol–water partition coefficient (Wildman–Crippen LogP) is 3.04. The lowest BCUT2D eigenvalue weighted by Gasteiger charge is -2.17. The van der Waals surface area contributed by atoms with Crippen LogP contribution < -0.4 is 0 Å². The summed E-state index contributed by atoms with van der Waals surface area (Å²) in [6.45, 7) is 5.51. The molecule has 0 spiro atoms. The lowest BCUT2D eigenvalue weighted by molar-refractivity contribution is 0.00109. The van der Waals surface area contributed by atoms with Gasteiger partial charge < -0.3 is 15.1 Å². The van der Waals surface area contributed by atoms with E-state index in [1.54, 1.807) is 18.2 Å². The van der Waals surface area contributed by atoms with Gasteiger partial charge in [0.15, 0.2) is 0 Å². The molecule has 0 aliphatic heterocycles. The van der Waals surface area contributed by atoms with Gasteiger partial charge in [0.25, 0.3) is 0 Å². The van der Waals surface area contributed by atoms with Crippen molar-refractivity contribution < 1.29 is 15.1 Å². The van der Waals surface area contributed by atoms with Crippen molar-refractivity contribution in [3.05, 3.63) is 53.3 Å². The minimum absolute atomic E-state index is 0.0367. The van der Waals surface area contributed by atoms with Crippen molar-refractivity contribution in [3.8, 4) is 23.8 Å². The molecule has 2 rings (SSSR count). The Morgan fingerprint density at radius 3 is 2.57 bits per heavy atom. The van der Waals surface area contributed by atoms with Crippen LogP contribution in [0.5, 0.6) is 11.5 Å².